The minimum Gasteiger partial charge on any atom is -0.545 e. The van der Waals surface area contributed by atoms with Crippen LogP contribution in [0.3, 0.4) is 0 Å². The van der Waals surface area contributed by atoms with Gasteiger partial charge in [0.2, 0.25) is 0 Å². The van der Waals surface area contributed by atoms with Crippen LogP contribution in [0, 0.1) is 0 Å². The van der Waals surface area contributed by atoms with Crippen LogP contribution in [-0.4, -0.2) is 31.8 Å². The number of hydrogen-bond donors (Lipinski definition) is 0. The monoisotopic (exact) mass is 337 g/mol. The summed E-state index contributed by atoms with van der Waals surface area (Å²) in [5, 5.41) is 10.9. The molecule has 126 valence electrons. The molecule has 0 atom stereocenters. The Morgan fingerprint density at radius 2 is 1.60 bits per heavy atom. The zero-order valence-electron chi connectivity index (χ0n) is 13.5. The van der Waals surface area contributed by atoms with Crippen molar-refractivity contribution in [1.29, 1.82) is 0 Å². The molecule has 0 amide bonds. The molecule has 6 nitrogen and oxygen atoms in total. The fourth-order valence-electron chi connectivity index (χ4n) is 2.69. The summed E-state index contributed by atoms with van der Waals surface area (Å²) in [5.74, 6) is -1.37. The number of aromatic carboxylic acids is 1. The van der Waals surface area contributed by atoms with Gasteiger partial charge in [0.1, 0.15) is 0 Å². The summed E-state index contributed by atoms with van der Waals surface area (Å²) in [6.07, 6.45) is 1.45. The molecule has 0 unspecified atom stereocenters. The molecule has 25 heavy (non-hydrogen) atoms. The third-order valence-electron chi connectivity index (χ3n) is 3.95. The molecule has 0 fully saturated rings. The summed E-state index contributed by atoms with van der Waals surface area (Å²) in [6.45, 7) is 0. The van der Waals surface area contributed by atoms with E-state index >= 15 is 0 Å². The van der Waals surface area contributed by atoms with Gasteiger partial charge in [0.15, 0.2) is 23.1 Å². The van der Waals surface area contributed by atoms with Crippen LogP contribution in [0.4, 0.5) is 0 Å². The molecular weight excluding hydrogens is 324 g/mol. The number of benzene rings is 2. The van der Waals surface area contributed by atoms with Crippen LogP contribution in [-0.2, 0) is 0 Å². The first-order chi connectivity index (χ1) is 12.0. The Balaban J connectivity index is 2.04. The predicted molar refractivity (Wildman–Crippen MR) is 87.0 cm³/mol. The number of rotatable bonds is 4. The largest absolute Gasteiger partial charge is 0.545 e. The first kappa shape index (κ1) is 16.4. The van der Waals surface area contributed by atoms with E-state index in [-0.39, 0.29) is 22.3 Å². The highest BCUT2D eigenvalue weighted by atomic mass is 16.5. The second kappa shape index (κ2) is 6.24. The maximum absolute atomic E-state index is 12.5. The standard InChI is InChI=1S/C19H14O6/c1-24-15-6-3-10(8-16(15)25-2)7-14-17(20)12-5-4-11(19(22)23)9-13(12)18(14)21/h3-9H,1-2H3,(H,22,23)/p-1/b14-7-. The lowest BCUT2D eigenvalue weighted by atomic mass is 10.1. The van der Waals surface area contributed by atoms with Gasteiger partial charge in [-0.1, -0.05) is 12.1 Å². The number of hydrogen-bond acceptors (Lipinski definition) is 6. The SMILES string of the molecule is COc1ccc(/C=C2/C(=O)c3ccc(C(=O)[O-])cc3C2=O)cc1OC. The number of ketones is 2. The average Bonchev–Trinajstić information content (AvgIpc) is 2.86. The first-order valence-corrected chi connectivity index (χ1v) is 7.34. The number of methoxy groups -OCH3 is 2. The molecule has 0 bridgehead atoms. The van der Waals surface area contributed by atoms with Gasteiger partial charge in [0.25, 0.3) is 0 Å². The summed E-state index contributed by atoms with van der Waals surface area (Å²) in [7, 11) is 2.99. The Kier molecular flexibility index (Phi) is 4.10. The highest BCUT2D eigenvalue weighted by Gasteiger charge is 2.33. The lowest BCUT2D eigenvalue weighted by Crippen LogP contribution is -2.22. The topological polar surface area (TPSA) is 92.7 Å². The van der Waals surface area contributed by atoms with Gasteiger partial charge in [0.05, 0.1) is 25.8 Å². The Bertz CT molecular complexity index is 939. The number of fused-ring (bicyclic) bond motifs is 1. The van der Waals surface area contributed by atoms with E-state index in [1.807, 2.05) is 0 Å². The van der Waals surface area contributed by atoms with Gasteiger partial charge in [-0.2, -0.15) is 0 Å². The normalized spacial score (nSPS) is 14.6. The van der Waals surface area contributed by atoms with E-state index in [1.54, 1.807) is 18.2 Å². The lowest BCUT2D eigenvalue weighted by Gasteiger charge is -2.07. The van der Waals surface area contributed by atoms with Crippen molar-refractivity contribution >= 4 is 23.6 Å². The fourth-order valence-corrected chi connectivity index (χ4v) is 2.69. The number of carboxylic acids is 1. The molecule has 0 aromatic heterocycles. The molecule has 0 saturated carbocycles. The van der Waals surface area contributed by atoms with E-state index in [9.17, 15) is 19.5 Å². The van der Waals surface area contributed by atoms with Crippen LogP contribution < -0.4 is 14.6 Å². The van der Waals surface area contributed by atoms with Crippen molar-refractivity contribution in [2.75, 3.05) is 14.2 Å². The Labute approximate surface area is 143 Å². The van der Waals surface area contributed by atoms with E-state index in [2.05, 4.69) is 0 Å². The second-order valence-corrected chi connectivity index (χ2v) is 5.38. The lowest BCUT2D eigenvalue weighted by molar-refractivity contribution is -0.255. The summed E-state index contributed by atoms with van der Waals surface area (Å²) in [5.41, 5.74) is 0.660. The molecule has 3 rings (SSSR count). The molecule has 0 N–H and O–H groups in total. The molecule has 0 spiro atoms. The molecule has 0 aliphatic heterocycles. The number of carbonyl (C=O) groups excluding carboxylic acids is 3. The van der Waals surface area contributed by atoms with Crippen molar-refractivity contribution in [3.63, 3.8) is 0 Å². The molecule has 6 heteroatoms. The van der Waals surface area contributed by atoms with Gasteiger partial charge in [-0.05, 0) is 41.5 Å². The molecule has 2 aromatic rings. The quantitative estimate of drug-likeness (QED) is 0.620. The van der Waals surface area contributed by atoms with E-state index in [1.165, 1.54) is 38.5 Å². The van der Waals surface area contributed by atoms with Crippen LogP contribution in [0.15, 0.2) is 42.0 Å². The Morgan fingerprint density at radius 3 is 2.24 bits per heavy atom. The van der Waals surface area contributed by atoms with Gasteiger partial charge in [-0.3, -0.25) is 9.59 Å². The van der Waals surface area contributed by atoms with Gasteiger partial charge >= 0.3 is 0 Å². The van der Waals surface area contributed by atoms with Crippen LogP contribution in [0.1, 0.15) is 36.6 Å². The highest BCUT2D eigenvalue weighted by Crippen LogP contribution is 2.32. The van der Waals surface area contributed by atoms with Crippen molar-refractivity contribution in [3.8, 4) is 11.5 Å². The maximum Gasteiger partial charge on any atom is 0.197 e. The zero-order chi connectivity index (χ0) is 18.1. The number of allylic oxidation sites excluding steroid dienone is 1. The first-order valence-electron chi connectivity index (χ1n) is 7.34. The maximum atomic E-state index is 12.5. The van der Waals surface area contributed by atoms with Crippen LogP contribution >= 0.6 is 0 Å². The van der Waals surface area contributed by atoms with E-state index in [0.29, 0.717) is 17.1 Å². The molecule has 0 heterocycles. The third-order valence-corrected chi connectivity index (χ3v) is 3.95. The minimum atomic E-state index is -1.40. The summed E-state index contributed by atoms with van der Waals surface area (Å²) < 4.78 is 10.4. The summed E-state index contributed by atoms with van der Waals surface area (Å²) in [6, 6.07) is 8.73. The molecular formula is C19H13O6-. The van der Waals surface area contributed by atoms with Crippen LogP contribution in [0.2, 0.25) is 0 Å². The summed E-state index contributed by atoms with van der Waals surface area (Å²) in [4.78, 5) is 35.9. The molecule has 0 radical (unpaired) electrons. The number of carbonyl (C=O) groups is 3. The van der Waals surface area contributed by atoms with Crippen molar-refractivity contribution in [2.45, 2.75) is 0 Å². The second-order valence-electron chi connectivity index (χ2n) is 5.38. The van der Waals surface area contributed by atoms with E-state index in [4.69, 9.17) is 9.47 Å². The van der Waals surface area contributed by atoms with Crippen molar-refractivity contribution in [3.05, 3.63) is 64.2 Å². The average molecular weight is 337 g/mol. The molecule has 0 saturated heterocycles. The third kappa shape index (κ3) is 2.78. The number of ether oxygens (including phenoxy) is 2. The molecule has 1 aliphatic carbocycles. The van der Waals surface area contributed by atoms with Crippen molar-refractivity contribution < 1.29 is 29.0 Å². The van der Waals surface area contributed by atoms with Crippen LogP contribution in [0.5, 0.6) is 11.5 Å². The minimum absolute atomic E-state index is 0.0299. The van der Waals surface area contributed by atoms with E-state index < -0.39 is 17.5 Å². The molecule has 1 aliphatic rings. The number of Topliss-reactive ketones (excluding diaryl/α,β-unsaturated/α-hetero) is 2. The predicted octanol–water partition coefficient (Wildman–Crippen LogP) is 1.53. The van der Waals surface area contributed by atoms with E-state index in [0.717, 1.165) is 0 Å². The fraction of sp³-hybridized carbons (Fsp3) is 0.105. The zero-order valence-corrected chi connectivity index (χ0v) is 13.5. The summed E-state index contributed by atoms with van der Waals surface area (Å²) >= 11 is 0. The smallest absolute Gasteiger partial charge is 0.197 e. The van der Waals surface area contributed by atoms with Crippen molar-refractivity contribution in [1.82, 2.24) is 0 Å². The Hall–Kier alpha value is -3.41. The van der Waals surface area contributed by atoms with Crippen molar-refractivity contribution in [2.24, 2.45) is 0 Å². The van der Waals surface area contributed by atoms with Crippen LogP contribution in [0.25, 0.3) is 6.08 Å². The van der Waals surface area contributed by atoms with Gasteiger partial charge in [-0.15, -0.1) is 0 Å². The Morgan fingerprint density at radius 1 is 0.920 bits per heavy atom. The van der Waals surface area contributed by atoms with Gasteiger partial charge in [0, 0.05) is 11.1 Å². The van der Waals surface area contributed by atoms with Gasteiger partial charge in [-0.25, -0.2) is 0 Å². The highest BCUT2D eigenvalue weighted by molar-refractivity contribution is 6.41. The number of carboxylic acid groups (broad SMARTS) is 1. The molecule has 2 aromatic carbocycles. The van der Waals surface area contributed by atoms with Gasteiger partial charge < -0.3 is 19.4 Å².